The van der Waals surface area contributed by atoms with E-state index in [9.17, 15) is 9.59 Å². The molecule has 0 spiro atoms. The van der Waals surface area contributed by atoms with E-state index in [0.29, 0.717) is 31.0 Å². The van der Waals surface area contributed by atoms with Crippen molar-refractivity contribution in [2.45, 2.75) is 72.6 Å². The number of hydrogen-bond acceptors (Lipinski definition) is 4. The molecule has 0 unspecified atom stereocenters. The lowest BCUT2D eigenvalue weighted by atomic mass is 9.92. The Balaban J connectivity index is 1.84. The summed E-state index contributed by atoms with van der Waals surface area (Å²) < 4.78 is 6.99. The predicted octanol–water partition coefficient (Wildman–Crippen LogP) is 6.25. The van der Waals surface area contributed by atoms with Crippen molar-refractivity contribution in [3.63, 3.8) is 0 Å². The molecule has 210 valence electrons. The fourth-order valence-electron chi connectivity index (χ4n) is 4.45. The molecule has 0 saturated carbocycles. The van der Waals surface area contributed by atoms with Crippen LogP contribution in [0.1, 0.15) is 79.7 Å². The first kappa shape index (κ1) is 30.1. The molecule has 7 heteroatoms. The van der Waals surface area contributed by atoms with Gasteiger partial charge < -0.3 is 15.0 Å². The van der Waals surface area contributed by atoms with Crippen molar-refractivity contribution in [2.24, 2.45) is 0 Å². The summed E-state index contributed by atoms with van der Waals surface area (Å²) in [6, 6.07) is 15.8. The first-order chi connectivity index (χ1) is 18.5. The lowest BCUT2D eigenvalue weighted by molar-refractivity contribution is -0.117. The van der Waals surface area contributed by atoms with Crippen LogP contribution >= 0.6 is 0 Å². The molecule has 0 bridgehead atoms. The van der Waals surface area contributed by atoms with E-state index < -0.39 is 0 Å². The number of amides is 2. The Kier molecular flexibility index (Phi) is 10.5. The van der Waals surface area contributed by atoms with Crippen molar-refractivity contribution in [3.05, 3.63) is 76.5 Å². The molecular formula is C32H44N4O3. The first-order valence-corrected chi connectivity index (χ1v) is 13.9. The van der Waals surface area contributed by atoms with Gasteiger partial charge in [0, 0.05) is 37.3 Å². The zero-order valence-electron chi connectivity index (χ0n) is 24.6. The maximum Gasteiger partial charge on any atom is 0.254 e. The molecule has 39 heavy (non-hydrogen) atoms. The summed E-state index contributed by atoms with van der Waals surface area (Å²) in [4.78, 5) is 28.4. The highest BCUT2D eigenvalue weighted by Gasteiger charge is 2.24. The number of aromatic nitrogens is 2. The summed E-state index contributed by atoms with van der Waals surface area (Å²) >= 11 is 0. The summed E-state index contributed by atoms with van der Waals surface area (Å²) in [5, 5.41) is 7.89. The topological polar surface area (TPSA) is 76.5 Å². The van der Waals surface area contributed by atoms with E-state index in [-0.39, 0.29) is 23.8 Å². The van der Waals surface area contributed by atoms with Crippen LogP contribution < -0.4 is 5.32 Å². The SMILES string of the molecule is CCCCc1ccc(C(=O)N(CCCOC)CC(=O)Nc2cc(C(C)(C)C)nn2-c2ccc(C)cc2C)cc1. The number of carbonyl (C=O) groups is 2. The third-order valence-electron chi connectivity index (χ3n) is 6.74. The van der Waals surface area contributed by atoms with Crippen LogP contribution in [0.15, 0.2) is 48.5 Å². The number of rotatable bonds is 12. The second-order valence-electron chi connectivity index (χ2n) is 11.3. The van der Waals surface area contributed by atoms with Gasteiger partial charge in [0.1, 0.15) is 12.4 Å². The maximum absolute atomic E-state index is 13.4. The highest BCUT2D eigenvalue weighted by Crippen LogP contribution is 2.28. The molecule has 7 nitrogen and oxygen atoms in total. The number of nitrogens with zero attached hydrogens (tertiary/aromatic N) is 3. The third-order valence-corrected chi connectivity index (χ3v) is 6.74. The van der Waals surface area contributed by atoms with Gasteiger partial charge in [-0.05, 0) is 62.4 Å². The quantitative estimate of drug-likeness (QED) is 0.280. The second kappa shape index (κ2) is 13.6. The van der Waals surface area contributed by atoms with Crippen molar-refractivity contribution in [1.82, 2.24) is 14.7 Å². The Morgan fingerprint density at radius 3 is 2.36 bits per heavy atom. The number of nitrogens with one attached hydrogen (secondary N) is 1. The summed E-state index contributed by atoms with van der Waals surface area (Å²) in [7, 11) is 1.63. The molecule has 3 aromatic rings. The van der Waals surface area contributed by atoms with Gasteiger partial charge in [-0.15, -0.1) is 0 Å². The van der Waals surface area contributed by atoms with Crippen molar-refractivity contribution in [2.75, 3.05) is 32.1 Å². The Morgan fingerprint density at radius 2 is 1.74 bits per heavy atom. The zero-order valence-corrected chi connectivity index (χ0v) is 24.6. The molecular weight excluding hydrogens is 488 g/mol. The Labute approximate surface area is 233 Å². The molecule has 0 aliphatic rings. The monoisotopic (exact) mass is 532 g/mol. The second-order valence-corrected chi connectivity index (χ2v) is 11.3. The molecule has 2 aromatic carbocycles. The van der Waals surface area contributed by atoms with Gasteiger partial charge in [0.15, 0.2) is 0 Å². The Bertz CT molecular complexity index is 1260. The number of aryl methyl sites for hydroxylation is 3. The van der Waals surface area contributed by atoms with Crippen LogP contribution in [0.2, 0.25) is 0 Å². The van der Waals surface area contributed by atoms with Crippen molar-refractivity contribution >= 4 is 17.6 Å². The van der Waals surface area contributed by atoms with E-state index in [1.165, 1.54) is 5.56 Å². The van der Waals surface area contributed by atoms with Crippen LogP contribution in [0.3, 0.4) is 0 Å². The van der Waals surface area contributed by atoms with E-state index in [2.05, 4.69) is 46.0 Å². The number of unbranched alkanes of at least 4 members (excludes halogenated alkanes) is 1. The minimum atomic E-state index is -0.272. The summed E-state index contributed by atoms with van der Waals surface area (Å²) in [6.45, 7) is 13.4. The van der Waals surface area contributed by atoms with Gasteiger partial charge in [-0.1, -0.05) is 63.9 Å². The van der Waals surface area contributed by atoms with Crippen LogP contribution in [-0.4, -0.2) is 53.3 Å². The normalized spacial score (nSPS) is 11.5. The lowest BCUT2D eigenvalue weighted by Crippen LogP contribution is -2.39. The van der Waals surface area contributed by atoms with Crippen LogP contribution in [0, 0.1) is 13.8 Å². The molecule has 0 aliphatic heterocycles. The first-order valence-electron chi connectivity index (χ1n) is 13.9. The maximum atomic E-state index is 13.4. The highest BCUT2D eigenvalue weighted by molar-refractivity contribution is 5.99. The fourth-order valence-corrected chi connectivity index (χ4v) is 4.45. The molecule has 3 rings (SSSR count). The van der Waals surface area contributed by atoms with Gasteiger partial charge in [-0.3, -0.25) is 9.59 Å². The van der Waals surface area contributed by atoms with Crippen molar-refractivity contribution < 1.29 is 14.3 Å². The summed E-state index contributed by atoms with van der Waals surface area (Å²) in [5.74, 6) is 0.148. The largest absolute Gasteiger partial charge is 0.385 e. The number of methoxy groups -OCH3 is 1. The lowest BCUT2D eigenvalue weighted by Gasteiger charge is -2.22. The van der Waals surface area contributed by atoms with E-state index in [1.807, 2.05) is 49.4 Å². The van der Waals surface area contributed by atoms with Gasteiger partial charge in [-0.2, -0.15) is 5.10 Å². The van der Waals surface area contributed by atoms with Crippen LogP contribution in [0.5, 0.6) is 0 Å². The molecule has 1 N–H and O–H groups in total. The zero-order chi connectivity index (χ0) is 28.6. The molecule has 1 heterocycles. The number of benzene rings is 2. The highest BCUT2D eigenvalue weighted by atomic mass is 16.5. The summed E-state index contributed by atoms with van der Waals surface area (Å²) in [6.07, 6.45) is 3.88. The van der Waals surface area contributed by atoms with Crippen LogP contribution in [0.4, 0.5) is 5.82 Å². The predicted molar refractivity (Wildman–Crippen MR) is 158 cm³/mol. The van der Waals surface area contributed by atoms with Gasteiger partial charge >= 0.3 is 0 Å². The van der Waals surface area contributed by atoms with E-state index in [1.54, 1.807) is 16.7 Å². The van der Waals surface area contributed by atoms with Crippen LogP contribution in [0.25, 0.3) is 5.69 Å². The van der Waals surface area contributed by atoms with E-state index in [4.69, 9.17) is 9.84 Å². The smallest absolute Gasteiger partial charge is 0.254 e. The minimum Gasteiger partial charge on any atom is -0.385 e. The van der Waals surface area contributed by atoms with Gasteiger partial charge in [0.25, 0.3) is 5.91 Å². The molecule has 2 amide bonds. The van der Waals surface area contributed by atoms with E-state index >= 15 is 0 Å². The standard InChI is InChI=1S/C32H44N4O3/c1-8-9-11-25-13-15-26(16-14-25)31(38)35(18-10-19-39-7)22-30(37)33-29-21-28(32(4,5)6)34-36(29)27-17-12-23(2)20-24(27)3/h12-17,20-21H,8-11,18-19,22H2,1-7H3,(H,33,37). The number of hydrogen-bond donors (Lipinski definition) is 1. The average Bonchev–Trinajstić information content (AvgIpc) is 3.30. The van der Waals surface area contributed by atoms with Gasteiger partial charge in [-0.25, -0.2) is 4.68 Å². The van der Waals surface area contributed by atoms with Crippen molar-refractivity contribution in [3.8, 4) is 5.69 Å². The number of carbonyl (C=O) groups excluding carboxylic acids is 2. The van der Waals surface area contributed by atoms with Gasteiger partial charge in [0.2, 0.25) is 5.91 Å². The van der Waals surface area contributed by atoms with Crippen LogP contribution in [-0.2, 0) is 21.4 Å². The van der Waals surface area contributed by atoms with Crippen molar-refractivity contribution in [1.29, 1.82) is 0 Å². The minimum absolute atomic E-state index is 0.0664. The third kappa shape index (κ3) is 8.27. The molecule has 0 atom stereocenters. The van der Waals surface area contributed by atoms with Gasteiger partial charge in [0.05, 0.1) is 11.4 Å². The molecule has 0 fully saturated rings. The molecule has 1 aromatic heterocycles. The molecule has 0 saturated heterocycles. The summed E-state index contributed by atoms with van der Waals surface area (Å²) in [5.41, 5.74) is 5.59. The number of ether oxygens (including phenoxy) is 1. The van der Waals surface area contributed by atoms with E-state index in [0.717, 1.165) is 41.8 Å². The molecule has 0 radical (unpaired) electrons. The Morgan fingerprint density at radius 1 is 1.03 bits per heavy atom. The average molecular weight is 533 g/mol. The number of anilines is 1. The molecule has 0 aliphatic carbocycles. The Hall–Kier alpha value is -3.45. The fraction of sp³-hybridized carbons (Fsp3) is 0.469.